The lowest BCUT2D eigenvalue weighted by molar-refractivity contribution is 0.0692. The lowest BCUT2D eigenvalue weighted by Crippen LogP contribution is -2.11. The summed E-state index contributed by atoms with van der Waals surface area (Å²) in [5.74, 6) is -2.58. The molecule has 0 amide bonds. The zero-order chi connectivity index (χ0) is 14.0. The molecule has 0 spiro atoms. The Labute approximate surface area is 103 Å². The number of hydrogen-bond acceptors (Lipinski definition) is 4. The summed E-state index contributed by atoms with van der Waals surface area (Å²) < 4.78 is 0. The van der Waals surface area contributed by atoms with E-state index in [1.807, 2.05) is 0 Å². The van der Waals surface area contributed by atoms with Gasteiger partial charge in [0.2, 0.25) is 0 Å². The zero-order valence-corrected chi connectivity index (χ0v) is 9.98. The summed E-state index contributed by atoms with van der Waals surface area (Å²) in [4.78, 5) is 33.8. The fraction of sp³-hybridized carbons (Fsp3) is 0.154. The van der Waals surface area contributed by atoms with Crippen LogP contribution in [0.15, 0.2) is 18.7 Å². The third-order valence-electron chi connectivity index (χ3n) is 2.46. The Morgan fingerprint density at radius 2 is 1.28 bits per heavy atom. The Hall–Kier alpha value is -2.43. The highest BCUT2D eigenvalue weighted by molar-refractivity contribution is 6.08. The molecule has 1 rings (SSSR count). The fourth-order valence-electron chi connectivity index (χ4n) is 1.60. The lowest BCUT2D eigenvalue weighted by atomic mass is 9.94. The van der Waals surface area contributed by atoms with Gasteiger partial charge in [-0.1, -0.05) is 6.58 Å². The molecular weight excluding hydrogens is 236 g/mol. The van der Waals surface area contributed by atoms with Gasteiger partial charge < -0.3 is 10.2 Å². The van der Waals surface area contributed by atoms with E-state index < -0.39 is 17.5 Å². The number of aromatic carboxylic acids is 1. The fourth-order valence-corrected chi connectivity index (χ4v) is 1.60. The van der Waals surface area contributed by atoms with Gasteiger partial charge in [-0.15, -0.1) is 0 Å². The first-order chi connectivity index (χ1) is 8.25. The highest BCUT2D eigenvalue weighted by Gasteiger charge is 2.20. The molecule has 5 heteroatoms. The van der Waals surface area contributed by atoms with Crippen molar-refractivity contribution >= 4 is 23.3 Å². The number of rotatable bonds is 4. The van der Waals surface area contributed by atoms with Crippen LogP contribution < -0.4 is 0 Å². The topological polar surface area (TPSA) is 91.7 Å². The van der Waals surface area contributed by atoms with Gasteiger partial charge in [-0.2, -0.15) is 0 Å². The van der Waals surface area contributed by atoms with E-state index in [9.17, 15) is 19.5 Å². The Bertz CT molecular complexity index is 471. The summed E-state index contributed by atoms with van der Waals surface area (Å²) in [6, 6.07) is 2.25. The van der Waals surface area contributed by atoms with Crippen LogP contribution in [0.4, 0.5) is 0 Å². The molecule has 0 atom stereocenters. The molecule has 0 saturated carbocycles. The molecule has 18 heavy (non-hydrogen) atoms. The normalized spacial score (nSPS) is 9.89. The molecule has 5 nitrogen and oxygen atoms in total. The van der Waals surface area contributed by atoms with Gasteiger partial charge in [0.25, 0.3) is 0 Å². The van der Waals surface area contributed by atoms with Crippen molar-refractivity contribution in [3.8, 4) is 0 Å². The van der Waals surface area contributed by atoms with Gasteiger partial charge in [0, 0.05) is 16.7 Å². The Morgan fingerprint density at radius 3 is 1.61 bits per heavy atom. The third kappa shape index (κ3) is 2.45. The van der Waals surface area contributed by atoms with Crippen molar-refractivity contribution in [3.05, 3.63) is 41.0 Å². The van der Waals surface area contributed by atoms with E-state index in [4.69, 9.17) is 5.11 Å². The SMILES string of the molecule is C=C(O)c1cc(C(C)=O)c(C(=O)O)cc1C(C)=O. The predicted octanol–water partition coefficient (Wildman–Crippen LogP) is 2.32. The van der Waals surface area contributed by atoms with Crippen molar-refractivity contribution in [3.63, 3.8) is 0 Å². The molecule has 1 aromatic carbocycles. The van der Waals surface area contributed by atoms with Gasteiger partial charge in [0.05, 0.1) is 5.56 Å². The first-order valence-electron chi connectivity index (χ1n) is 5.07. The van der Waals surface area contributed by atoms with Gasteiger partial charge in [0.15, 0.2) is 11.6 Å². The maximum absolute atomic E-state index is 11.4. The summed E-state index contributed by atoms with van der Waals surface area (Å²) in [5.41, 5.74) is -0.252. The third-order valence-corrected chi connectivity index (χ3v) is 2.46. The molecule has 1 aromatic rings. The number of Topliss-reactive ketones (excluding diaryl/α,β-unsaturated/α-hetero) is 2. The highest BCUT2D eigenvalue weighted by atomic mass is 16.4. The van der Waals surface area contributed by atoms with Crippen LogP contribution in [0.1, 0.15) is 50.5 Å². The van der Waals surface area contributed by atoms with Crippen molar-refractivity contribution in [1.82, 2.24) is 0 Å². The van der Waals surface area contributed by atoms with E-state index in [1.54, 1.807) is 0 Å². The molecule has 0 aliphatic heterocycles. The van der Waals surface area contributed by atoms with Crippen LogP contribution in [0.25, 0.3) is 5.76 Å². The molecule has 0 heterocycles. The summed E-state index contributed by atoms with van der Waals surface area (Å²) in [6.07, 6.45) is 0. The number of ketones is 2. The quantitative estimate of drug-likeness (QED) is 0.630. The van der Waals surface area contributed by atoms with Gasteiger partial charge in [-0.3, -0.25) is 9.59 Å². The van der Waals surface area contributed by atoms with E-state index in [2.05, 4.69) is 6.58 Å². The maximum atomic E-state index is 11.4. The van der Waals surface area contributed by atoms with Crippen molar-refractivity contribution in [2.24, 2.45) is 0 Å². The Balaban J connectivity index is 3.71. The average molecular weight is 248 g/mol. The molecule has 94 valence electrons. The van der Waals surface area contributed by atoms with E-state index in [-0.39, 0.29) is 28.0 Å². The number of carbonyl (C=O) groups is 3. The second kappa shape index (κ2) is 4.83. The molecule has 0 radical (unpaired) electrons. The van der Waals surface area contributed by atoms with Crippen molar-refractivity contribution in [2.75, 3.05) is 0 Å². The number of carboxylic acids is 1. The van der Waals surface area contributed by atoms with Crippen LogP contribution in [-0.4, -0.2) is 27.7 Å². The van der Waals surface area contributed by atoms with E-state index >= 15 is 0 Å². The molecule has 0 aliphatic carbocycles. The van der Waals surface area contributed by atoms with Crippen LogP contribution >= 0.6 is 0 Å². The first kappa shape index (κ1) is 13.6. The Kier molecular flexibility index (Phi) is 3.66. The monoisotopic (exact) mass is 248 g/mol. The largest absolute Gasteiger partial charge is 0.508 e. The first-order valence-corrected chi connectivity index (χ1v) is 5.07. The molecule has 0 unspecified atom stereocenters. The van der Waals surface area contributed by atoms with Gasteiger partial charge in [-0.25, -0.2) is 4.79 Å². The summed E-state index contributed by atoms with van der Waals surface area (Å²) >= 11 is 0. The minimum absolute atomic E-state index is 0.0184. The molecule has 2 N–H and O–H groups in total. The number of carbonyl (C=O) groups excluding carboxylic acids is 2. The van der Waals surface area contributed by atoms with Crippen LogP contribution in [0.2, 0.25) is 0 Å². The summed E-state index contributed by atoms with van der Waals surface area (Å²) in [7, 11) is 0. The van der Waals surface area contributed by atoms with Crippen molar-refractivity contribution in [2.45, 2.75) is 13.8 Å². The van der Waals surface area contributed by atoms with E-state index in [1.165, 1.54) is 19.9 Å². The van der Waals surface area contributed by atoms with Gasteiger partial charge in [0.1, 0.15) is 5.76 Å². The van der Waals surface area contributed by atoms with Gasteiger partial charge >= 0.3 is 5.97 Å². The summed E-state index contributed by atoms with van der Waals surface area (Å²) in [5, 5.41) is 18.4. The number of carboxylic acid groups (broad SMARTS) is 1. The van der Waals surface area contributed by atoms with Crippen LogP contribution in [0.5, 0.6) is 0 Å². The summed E-state index contributed by atoms with van der Waals surface area (Å²) in [6.45, 7) is 5.73. The number of aliphatic hydroxyl groups excluding tert-OH is 1. The lowest BCUT2D eigenvalue weighted by Gasteiger charge is -2.10. The predicted molar refractivity (Wildman–Crippen MR) is 65.1 cm³/mol. The smallest absolute Gasteiger partial charge is 0.336 e. The number of benzene rings is 1. The van der Waals surface area contributed by atoms with Crippen molar-refractivity contribution < 1.29 is 24.6 Å². The molecule has 0 saturated heterocycles. The zero-order valence-electron chi connectivity index (χ0n) is 9.98. The van der Waals surface area contributed by atoms with E-state index in [0.29, 0.717) is 0 Å². The molecule has 0 bridgehead atoms. The van der Waals surface area contributed by atoms with Gasteiger partial charge in [-0.05, 0) is 26.0 Å². The standard InChI is InChI=1S/C13H12O5/c1-6(14)9-4-11(8(3)16)12(13(17)18)5-10(9)7(2)15/h4-5,14H,1H2,2-3H3,(H,17,18). The number of aliphatic hydroxyl groups is 1. The minimum atomic E-state index is -1.31. The molecular formula is C13H12O5. The average Bonchev–Trinajstić information content (AvgIpc) is 2.26. The van der Waals surface area contributed by atoms with Crippen LogP contribution in [0, 0.1) is 0 Å². The highest BCUT2D eigenvalue weighted by Crippen LogP contribution is 2.23. The number of hydrogen-bond donors (Lipinski definition) is 2. The maximum Gasteiger partial charge on any atom is 0.336 e. The molecule has 0 aliphatic rings. The van der Waals surface area contributed by atoms with Crippen molar-refractivity contribution in [1.29, 1.82) is 0 Å². The van der Waals surface area contributed by atoms with Crippen LogP contribution in [0.3, 0.4) is 0 Å². The van der Waals surface area contributed by atoms with E-state index in [0.717, 1.165) is 6.07 Å². The minimum Gasteiger partial charge on any atom is -0.508 e. The molecule has 0 fully saturated rings. The van der Waals surface area contributed by atoms with Crippen LogP contribution in [-0.2, 0) is 0 Å². The Morgan fingerprint density at radius 1 is 0.889 bits per heavy atom. The second-order valence-electron chi connectivity index (χ2n) is 3.81. The molecule has 0 aromatic heterocycles. The second-order valence-corrected chi connectivity index (χ2v) is 3.81.